The van der Waals surface area contributed by atoms with Crippen molar-refractivity contribution >= 4 is 11.9 Å². The van der Waals surface area contributed by atoms with Crippen molar-refractivity contribution in [3.63, 3.8) is 0 Å². The summed E-state index contributed by atoms with van der Waals surface area (Å²) >= 11 is 0. The zero-order valence-corrected chi connectivity index (χ0v) is 12.1. The van der Waals surface area contributed by atoms with Gasteiger partial charge in [-0.2, -0.15) is 0 Å². The van der Waals surface area contributed by atoms with Crippen molar-refractivity contribution in [3.05, 3.63) is 53.8 Å². The van der Waals surface area contributed by atoms with Crippen LogP contribution >= 0.6 is 0 Å². The van der Waals surface area contributed by atoms with Gasteiger partial charge >= 0.3 is 5.97 Å². The molecule has 1 rings (SSSR count). The second-order valence-electron chi connectivity index (χ2n) is 4.32. The lowest BCUT2D eigenvalue weighted by molar-refractivity contribution is -0.148. The number of amides is 1. The third-order valence-corrected chi connectivity index (χ3v) is 2.84. The highest BCUT2D eigenvalue weighted by Crippen LogP contribution is 2.17. The van der Waals surface area contributed by atoms with Crippen LogP contribution in [0.4, 0.5) is 0 Å². The molecule has 0 heterocycles. The number of carbonyl (C=O) groups excluding carboxylic acids is 2. The van der Waals surface area contributed by atoms with Gasteiger partial charge in [0.2, 0.25) is 0 Å². The van der Waals surface area contributed by atoms with Gasteiger partial charge in [0.15, 0.2) is 5.54 Å². The average molecular weight is 283 g/mol. The van der Waals surface area contributed by atoms with Crippen molar-refractivity contribution in [2.24, 2.45) is 0 Å². The fourth-order valence-corrected chi connectivity index (χ4v) is 1.88. The van der Waals surface area contributed by atoms with Gasteiger partial charge in [-0.05, 0) is 30.6 Å². The SMILES string of the molecule is C#CC(=O)NC(C=C=CC)(Cc1ccccc1)C(=O)OC. The lowest BCUT2D eigenvalue weighted by atomic mass is 9.90. The van der Waals surface area contributed by atoms with Gasteiger partial charge in [-0.15, -0.1) is 12.2 Å². The van der Waals surface area contributed by atoms with Crippen molar-refractivity contribution in [2.75, 3.05) is 7.11 Å². The number of carbonyl (C=O) groups is 2. The normalized spacial score (nSPS) is 12.0. The first-order valence-corrected chi connectivity index (χ1v) is 6.37. The molecule has 0 saturated heterocycles. The molecule has 0 bridgehead atoms. The number of terminal acetylenes is 1. The molecule has 1 unspecified atom stereocenters. The highest BCUT2D eigenvalue weighted by molar-refractivity contribution is 5.98. The summed E-state index contributed by atoms with van der Waals surface area (Å²) in [5, 5.41) is 2.53. The smallest absolute Gasteiger partial charge is 0.336 e. The van der Waals surface area contributed by atoms with Crippen molar-refractivity contribution in [3.8, 4) is 12.3 Å². The minimum Gasteiger partial charge on any atom is -0.467 e. The van der Waals surface area contributed by atoms with E-state index >= 15 is 0 Å². The molecular weight excluding hydrogens is 266 g/mol. The molecule has 0 fully saturated rings. The quantitative estimate of drug-likeness (QED) is 0.507. The molecule has 0 aromatic heterocycles. The molecule has 1 N–H and O–H groups in total. The Balaban J connectivity index is 3.29. The highest BCUT2D eigenvalue weighted by Gasteiger charge is 2.39. The van der Waals surface area contributed by atoms with Crippen LogP contribution in [0.3, 0.4) is 0 Å². The minimum atomic E-state index is -1.38. The predicted octanol–water partition coefficient (Wildman–Crippen LogP) is 1.62. The first-order chi connectivity index (χ1) is 10.1. The molecule has 1 atom stereocenters. The van der Waals surface area contributed by atoms with Gasteiger partial charge in [-0.1, -0.05) is 30.3 Å². The topological polar surface area (TPSA) is 55.4 Å². The third-order valence-electron chi connectivity index (χ3n) is 2.84. The number of esters is 1. The van der Waals surface area contributed by atoms with Crippen LogP contribution in [0.5, 0.6) is 0 Å². The standard InChI is InChI=1S/C17H17NO3/c1-4-6-12-17(16(20)21-3,18-15(19)5-2)13-14-10-8-7-9-11-14/h2,4,7-12H,13H2,1,3H3,(H,18,19). The molecule has 0 aliphatic carbocycles. The molecule has 0 saturated carbocycles. The van der Waals surface area contributed by atoms with Crippen molar-refractivity contribution in [2.45, 2.75) is 18.9 Å². The molecular formula is C17H17NO3. The van der Waals surface area contributed by atoms with Crippen LogP contribution in [0.25, 0.3) is 0 Å². The summed E-state index contributed by atoms with van der Waals surface area (Å²) in [5.74, 6) is 0.649. The van der Waals surface area contributed by atoms with Crippen LogP contribution in [0, 0.1) is 12.3 Å². The van der Waals surface area contributed by atoms with Gasteiger partial charge in [0.25, 0.3) is 5.91 Å². The summed E-state index contributed by atoms with van der Waals surface area (Å²) in [4.78, 5) is 23.8. The van der Waals surface area contributed by atoms with E-state index in [4.69, 9.17) is 11.2 Å². The zero-order valence-electron chi connectivity index (χ0n) is 12.1. The monoisotopic (exact) mass is 283 g/mol. The van der Waals surface area contributed by atoms with Gasteiger partial charge < -0.3 is 10.1 Å². The van der Waals surface area contributed by atoms with Crippen LogP contribution in [0.15, 0.2) is 48.2 Å². The van der Waals surface area contributed by atoms with E-state index < -0.39 is 17.4 Å². The van der Waals surface area contributed by atoms with Crippen LogP contribution in [-0.2, 0) is 20.7 Å². The molecule has 0 radical (unpaired) electrons. The highest BCUT2D eigenvalue weighted by atomic mass is 16.5. The number of hydrogen-bond acceptors (Lipinski definition) is 3. The molecule has 0 aliphatic rings. The Hall–Kier alpha value is -2.76. The van der Waals surface area contributed by atoms with E-state index in [-0.39, 0.29) is 6.42 Å². The second-order valence-corrected chi connectivity index (χ2v) is 4.32. The Kier molecular flexibility index (Phi) is 6.00. The van der Waals surface area contributed by atoms with Crippen LogP contribution in [-0.4, -0.2) is 24.5 Å². The largest absolute Gasteiger partial charge is 0.467 e. The summed E-state index contributed by atoms with van der Waals surface area (Å²) in [6.07, 6.45) is 8.39. The number of methoxy groups -OCH3 is 1. The van der Waals surface area contributed by atoms with E-state index in [1.807, 2.05) is 36.3 Å². The minimum absolute atomic E-state index is 0.217. The maximum absolute atomic E-state index is 12.2. The summed E-state index contributed by atoms with van der Waals surface area (Å²) < 4.78 is 4.82. The fourth-order valence-electron chi connectivity index (χ4n) is 1.88. The Labute approximate surface area is 124 Å². The molecule has 108 valence electrons. The van der Waals surface area contributed by atoms with Gasteiger partial charge in [0, 0.05) is 6.42 Å². The van der Waals surface area contributed by atoms with Gasteiger partial charge in [0.1, 0.15) is 0 Å². The number of rotatable bonds is 5. The summed E-state index contributed by atoms with van der Waals surface area (Å²) in [6.45, 7) is 1.75. The molecule has 1 aromatic carbocycles. The predicted molar refractivity (Wildman–Crippen MR) is 80.2 cm³/mol. The zero-order chi connectivity index (χ0) is 15.7. The Morgan fingerprint density at radius 3 is 2.57 bits per heavy atom. The Bertz CT molecular complexity index is 603. The Morgan fingerprint density at radius 1 is 1.38 bits per heavy atom. The third kappa shape index (κ3) is 4.38. The van der Waals surface area contributed by atoms with E-state index in [2.05, 4.69) is 11.0 Å². The Morgan fingerprint density at radius 2 is 2.05 bits per heavy atom. The van der Waals surface area contributed by atoms with Gasteiger partial charge in [-0.3, -0.25) is 4.79 Å². The van der Waals surface area contributed by atoms with Crippen LogP contribution < -0.4 is 5.32 Å². The molecule has 21 heavy (non-hydrogen) atoms. The summed E-state index contributed by atoms with van der Waals surface area (Å²) in [5.41, 5.74) is 2.29. The van der Waals surface area contributed by atoms with Crippen LogP contribution in [0.2, 0.25) is 0 Å². The van der Waals surface area contributed by atoms with Gasteiger partial charge in [0.05, 0.1) is 7.11 Å². The summed E-state index contributed by atoms with van der Waals surface area (Å²) in [6, 6.07) is 9.26. The lowest BCUT2D eigenvalue weighted by Crippen LogP contribution is -2.55. The van der Waals surface area contributed by atoms with E-state index in [1.165, 1.54) is 13.2 Å². The van der Waals surface area contributed by atoms with E-state index in [0.29, 0.717) is 0 Å². The van der Waals surface area contributed by atoms with Crippen molar-refractivity contribution in [1.29, 1.82) is 0 Å². The average Bonchev–Trinajstić information content (AvgIpc) is 2.52. The molecule has 4 heteroatoms. The van der Waals surface area contributed by atoms with E-state index in [1.54, 1.807) is 13.0 Å². The molecule has 0 spiro atoms. The number of hydrogen-bond donors (Lipinski definition) is 1. The number of ether oxygens (including phenoxy) is 1. The summed E-state index contributed by atoms with van der Waals surface area (Å²) in [7, 11) is 1.26. The second kappa shape index (κ2) is 7.74. The van der Waals surface area contributed by atoms with Gasteiger partial charge in [-0.25, -0.2) is 4.79 Å². The first-order valence-electron chi connectivity index (χ1n) is 6.37. The maximum Gasteiger partial charge on any atom is 0.336 e. The maximum atomic E-state index is 12.2. The number of nitrogens with one attached hydrogen (secondary N) is 1. The molecule has 1 aromatic rings. The van der Waals surface area contributed by atoms with Crippen LogP contribution in [0.1, 0.15) is 12.5 Å². The number of benzene rings is 1. The van der Waals surface area contributed by atoms with E-state index in [9.17, 15) is 9.59 Å². The molecule has 0 aliphatic heterocycles. The molecule has 4 nitrogen and oxygen atoms in total. The fraction of sp³-hybridized carbons (Fsp3) is 0.235. The lowest BCUT2D eigenvalue weighted by Gasteiger charge is -2.27. The van der Waals surface area contributed by atoms with E-state index in [0.717, 1.165) is 5.56 Å². The van der Waals surface area contributed by atoms with Crippen molar-refractivity contribution < 1.29 is 14.3 Å². The van der Waals surface area contributed by atoms with Crippen molar-refractivity contribution in [1.82, 2.24) is 5.32 Å². The first kappa shape index (κ1) is 16.3. The molecule has 1 amide bonds.